The third kappa shape index (κ3) is 1.06. The predicted molar refractivity (Wildman–Crippen MR) is 41.6 cm³/mol. The van der Waals surface area contributed by atoms with E-state index in [1.165, 1.54) is 6.92 Å². The number of halogens is 5. The second-order valence-electron chi connectivity index (χ2n) is 4.58. The molecule has 6 heteroatoms. The Labute approximate surface area is 83.6 Å². The van der Waals surface area contributed by atoms with Gasteiger partial charge in [0, 0.05) is 0 Å². The van der Waals surface area contributed by atoms with Crippen LogP contribution in [-0.4, -0.2) is 24.3 Å². The van der Waals surface area contributed by atoms with Crippen LogP contribution in [0.3, 0.4) is 0 Å². The molecule has 0 N–H and O–H groups in total. The molecule has 2 rings (SSSR count). The van der Waals surface area contributed by atoms with Crippen LogP contribution in [-0.2, 0) is 4.74 Å². The van der Waals surface area contributed by atoms with Crippen molar-refractivity contribution in [3.05, 3.63) is 0 Å². The molecule has 15 heavy (non-hydrogen) atoms. The zero-order valence-corrected chi connectivity index (χ0v) is 8.24. The Balaban J connectivity index is 2.45. The fourth-order valence-corrected chi connectivity index (χ4v) is 2.52. The SMILES string of the molecule is C[C@@H]1CC2OC1C(F)(F)C2(C)C(F)(F)F. The first-order chi connectivity index (χ1) is 6.62. The number of hydrogen-bond donors (Lipinski definition) is 0. The van der Waals surface area contributed by atoms with Gasteiger partial charge in [-0.25, -0.2) is 8.78 Å². The number of alkyl halides is 5. The molecule has 2 heterocycles. The molecule has 0 aromatic rings. The lowest BCUT2D eigenvalue weighted by Gasteiger charge is -2.40. The first kappa shape index (κ1) is 11.1. The monoisotopic (exact) mass is 230 g/mol. The zero-order valence-electron chi connectivity index (χ0n) is 8.24. The van der Waals surface area contributed by atoms with Gasteiger partial charge in [-0.15, -0.1) is 0 Å². The van der Waals surface area contributed by atoms with E-state index >= 15 is 0 Å². The van der Waals surface area contributed by atoms with Gasteiger partial charge in [0.25, 0.3) is 5.92 Å². The molecule has 0 radical (unpaired) electrons. The molecule has 2 bridgehead atoms. The van der Waals surface area contributed by atoms with E-state index in [1.807, 2.05) is 0 Å². The van der Waals surface area contributed by atoms with E-state index in [9.17, 15) is 22.0 Å². The minimum atomic E-state index is -4.93. The van der Waals surface area contributed by atoms with Crippen LogP contribution in [0.15, 0.2) is 0 Å². The first-order valence-electron chi connectivity index (χ1n) is 4.72. The molecule has 0 saturated carbocycles. The molecule has 0 aliphatic carbocycles. The summed E-state index contributed by atoms with van der Waals surface area (Å²) >= 11 is 0. The summed E-state index contributed by atoms with van der Waals surface area (Å²) in [5, 5.41) is 0. The minimum Gasteiger partial charge on any atom is -0.367 e. The molecular weight excluding hydrogens is 219 g/mol. The minimum absolute atomic E-state index is 0.0519. The maximum Gasteiger partial charge on any atom is 0.402 e. The summed E-state index contributed by atoms with van der Waals surface area (Å²) in [7, 11) is 0. The summed E-state index contributed by atoms with van der Waals surface area (Å²) in [6.07, 6.45) is -7.88. The van der Waals surface area contributed by atoms with Crippen LogP contribution < -0.4 is 0 Å². The van der Waals surface area contributed by atoms with Crippen molar-refractivity contribution in [3.63, 3.8) is 0 Å². The van der Waals surface area contributed by atoms with Crippen molar-refractivity contribution < 1.29 is 26.7 Å². The number of ether oxygens (including phenoxy) is 1. The van der Waals surface area contributed by atoms with Crippen molar-refractivity contribution in [2.75, 3.05) is 0 Å². The Morgan fingerprint density at radius 2 is 1.80 bits per heavy atom. The van der Waals surface area contributed by atoms with Crippen molar-refractivity contribution in [1.82, 2.24) is 0 Å². The first-order valence-corrected chi connectivity index (χ1v) is 4.72. The summed E-state index contributed by atoms with van der Waals surface area (Å²) in [5.41, 5.74) is -3.03. The van der Waals surface area contributed by atoms with Crippen molar-refractivity contribution in [2.24, 2.45) is 11.3 Å². The zero-order chi connectivity index (χ0) is 11.6. The van der Waals surface area contributed by atoms with Crippen molar-refractivity contribution in [3.8, 4) is 0 Å². The average molecular weight is 230 g/mol. The summed E-state index contributed by atoms with van der Waals surface area (Å²) in [4.78, 5) is 0. The number of fused-ring (bicyclic) bond motifs is 2. The molecule has 2 saturated heterocycles. The Kier molecular flexibility index (Phi) is 1.96. The molecule has 0 spiro atoms. The Hall–Kier alpha value is -0.390. The van der Waals surface area contributed by atoms with Gasteiger partial charge in [-0.3, -0.25) is 0 Å². The Morgan fingerprint density at radius 3 is 2.13 bits per heavy atom. The smallest absolute Gasteiger partial charge is 0.367 e. The fraction of sp³-hybridized carbons (Fsp3) is 1.00. The van der Waals surface area contributed by atoms with E-state index in [4.69, 9.17) is 4.74 Å². The molecular formula is C9H11F5O. The van der Waals surface area contributed by atoms with E-state index in [2.05, 4.69) is 0 Å². The van der Waals surface area contributed by atoms with Crippen LogP contribution in [0, 0.1) is 11.3 Å². The van der Waals surface area contributed by atoms with E-state index in [1.54, 1.807) is 0 Å². The van der Waals surface area contributed by atoms with E-state index in [0.717, 1.165) is 0 Å². The normalized spacial score (nSPS) is 48.6. The van der Waals surface area contributed by atoms with Crippen molar-refractivity contribution in [2.45, 2.75) is 44.6 Å². The molecule has 2 fully saturated rings. The highest BCUT2D eigenvalue weighted by Crippen LogP contribution is 2.64. The van der Waals surface area contributed by atoms with Gasteiger partial charge in [0.2, 0.25) is 0 Å². The summed E-state index contributed by atoms with van der Waals surface area (Å²) < 4.78 is 69.9. The van der Waals surface area contributed by atoms with Gasteiger partial charge in [0.05, 0.1) is 6.10 Å². The standard InChI is InChI=1S/C9H11F5O/c1-4-3-5-7(2,9(12,13)14)8(10,11)6(4)15-5/h4-6H,3H2,1-2H3/t4-,5?,6?,7?/m1/s1. The van der Waals surface area contributed by atoms with Crippen LogP contribution in [0.25, 0.3) is 0 Å². The van der Waals surface area contributed by atoms with E-state index < -0.39 is 35.6 Å². The topological polar surface area (TPSA) is 9.23 Å². The molecule has 1 nitrogen and oxygen atoms in total. The second kappa shape index (κ2) is 2.64. The van der Waals surface area contributed by atoms with Gasteiger partial charge in [-0.05, 0) is 19.3 Å². The summed E-state index contributed by atoms with van der Waals surface area (Å²) in [5.74, 6) is -4.34. The van der Waals surface area contributed by atoms with Gasteiger partial charge in [0.15, 0.2) is 5.41 Å². The molecule has 2 aliphatic heterocycles. The third-order valence-corrected chi connectivity index (χ3v) is 3.70. The lowest BCUT2D eigenvalue weighted by Crippen LogP contribution is -2.58. The lowest BCUT2D eigenvalue weighted by molar-refractivity contribution is -0.296. The Morgan fingerprint density at radius 1 is 1.27 bits per heavy atom. The van der Waals surface area contributed by atoms with Gasteiger partial charge in [0.1, 0.15) is 6.10 Å². The van der Waals surface area contributed by atoms with Crippen molar-refractivity contribution >= 4 is 0 Å². The summed E-state index contributed by atoms with van der Waals surface area (Å²) in [6.45, 7) is 2.05. The number of hydrogen-bond acceptors (Lipinski definition) is 1. The second-order valence-corrected chi connectivity index (χ2v) is 4.58. The van der Waals surface area contributed by atoms with E-state index in [0.29, 0.717) is 6.92 Å². The van der Waals surface area contributed by atoms with Crippen LogP contribution in [0.2, 0.25) is 0 Å². The highest BCUT2D eigenvalue weighted by atomic mass is 19.4. The van der Waals surface area contributed by atoms with E-state index in [-0.39, 0.29) is 6.42 Å². The van der Waals surface area contributed by atoms with Crippen molar-refractivity contribution in [1.29, 1.82) is 0 Å². The number of rotatable bonds is 0. The van der Waals surface area contributed by atoms with Gasteiger partial charge in [-0.2, -0.15) is 13.2 Å². The van der Waals surface area contributed by atoms with Gasteiger partial charge in [-0.1, -0.05) is 6.92 Å². The molecule has 2 aliphatic rings. The third-order valence-electron chi connectivity index (χ3n) is 3.70. The fourth-order valence-electron chi connectivity index (χ4n) is 2.52. The predicted octanol–water partition coefficient (Wildman–Crippen LogP) is 3.00. The molecule has 0 aromatic carbocycles. The quantitative estimate of drug-likeness (QED) is 0.581. The van der Waals surface area contributed by atoms with Gasteiger partial charge < -0.3 is 4.74 Å². The average Bonchev–Trinajstić information content (AvgIpc) is 2.49. The summed E-state index contributed by atoms with van der Waals surface area (Å²) in [6, 6.07) is 0. The largest absolute Gasteiger partial charge is 0.402 e. The lowest BCUT2D eigenvalue weighted by atomic mass is 9.68. The van der Waals surface area contributed by atoms with Crippen LogP contribution in [0.5, 0.6) is 0 Å². The maximum atomic E-state index is 13.6. The molecule has 0 amide bonds. The Bertz CT molecular complexity index is 287. The highest BCUT2D eigenvalue weighted by Gasteiger charge is 2.80. The maximum absolute atomic E-state index is 13.6. The molecule has 88 valence electrons. The van der Waals surface area contributed by atoms with Gasteiger partial charge >= 0.3 is 6.18 Å². The van der Waals surface area contributed by atoms with Crippen LogP contribution in [0.4, 0.5) is 22.0 Å². The van der Waals surface area contributed by atoms with Crippen LogP contribution in [0.1, 0.15) is 20.3 Å². The van der Waals surface area contributed by atoms with Crippen LogP contribution >= 0.6 is 0 Å². The molecule has 4 atom stereocenters. The molecule has 0 aromatic heterocycles. The molecule has 3 unspecified atom stereocenters. The highest BCUT2D eigenvalue weighted by molar-refractivity contribution is 5.14.